The molecule has 0 aromatic carbocycles. The Kier molecular flexibility index (Phi) is 5.76. The van der Waals surface area contributed by atoms with Crippen molar-refractivity contribution in [2.45, 2.75) is 31.7 Å². The maximum atomic E-state index is 5.29. The van der Waals surface area contributed by atoms with Crippen molar-refractivity contribution in [2.75, 3.05) is 19.5 Å². The van der Waals surface area contributed by atoms with Crippen LogP contribution in [0.2, 0.25) is 0 Å². The average molecular weight is 307 g/mol. The van der Waals surface area contributed by atoms with Crippen molar-refractivity contribution in [3.8, 4) is 0 Å². The van der Waals surface area contributed by atoms with E-state index in [1.54, 1.807) is 25.1 Å². The summed E-state index contributed by atoms with van der Waals surface area (Å²) < 4.78 is 10.5. The number of methoxy groups -OCH3 is 1. The molecule has 0 saturated carbocycles. The molecule has 2 aromatic rings. The zero-order chi connectivity index (χ0) is 15.1. The summed E-state index contributed by atoms with van der Waals surface area (Å²) in [6, 6.07) is 5.89. The van der Waals surface area contributed by atoms with Crippen LogP contribution < -0.4 is 0 Å². The van der Waals surface area contributed by atoms with Gasteiger partial charge >= 0.3 is 0 Å². The third-order valence-corrected chi connectivity index (χ3v) is 3.83. The molecule has 0 radical (unpaired) electrons. The summed E-state index contributed by atoms with van der Waals surface area (Å²) in [6.45, 7) is 4.93. The van der Waals surface area contributed by atoms with E-state index in [1.165, 1.54) is 0 Å². The van der Waals surface area contributed by atoms with E-state index in [1.807, 2.05) is 18.2 Å². The molecule has 0 bridgehead atoms. The van der Waals surface area contributed by atoms with E-state index in [9.17, 15) is 0 Å². The van der Waals surface area contributed by atoms with Crippen molar-refractivity contribution in [2.24, 2.45) is 5.41 Å². The van der Waals surface area contributed by atoms with Crippen molar-refractivity contribution in [1.82, 2.24) is 15.1 Å². The smallest absolute Gasteiger partial charge is 0.227 e. The highest BCUT2D eigenvalue weighted by Gasteiger charge is 2.21. The topological polar surface area (TPSA) is 61.0 Å². The van der Waals surface area contributed by atoms with Gasteiger partial charge in [0.15, 0.2) is 5.82 Å². The number of hydrogen-bond acceptors (Lipinski definition) is 6. The van der Waals surface area contributed by atoms with Gasteiger partial charge in [0.05, 0.1) is 11.6 Å². The Labute approximate surface area is 129 Å². The summed E-state index contributed by atoms with van der Waals surface area (Å²) in [5.41, 5.74) is 0.0125. The summed E-state index contributed by atoms with van der Waals surface area (Å²) in [7, 11) is 1.71. The Morgan fingerprint density at radius 2 is 2.19 bits per heavy atom. The SMILES string of the molecule is COCC(C)(C)Cc1noc(CCSc2ccccn2)n1. The van der Waals surface area contributed by atoms with Gasteiger partial charge in [0.2, 0.25) is 5.89 Å². The number of nitrogens with zero attached hydrogens (tertiary/aromatic N) is 3. The van der Waals surface area contributed by atoms with Crippen molar-refractivity contribution >= 4 is 11.8 Å². The summed E-state index contributed by atoms with van der Waals surface area (Å²) in [4.78, 5) is 8.71. The lowest BCUT2D eigenvalue weighted by Gasteiger charge is -2.21. The number of ether oxygens (including phenoxy) is 1. The molecule has 0 saturated heterocycles. The molecule has 0 spiro atoms. The zero-order valence-corrected chi connectivity index (χ0v) is 13.5. The summed E-state index contributed by atoms with van der Waals surface area (Å²) in [6.07, 6.45) is 3.29. The fourth-order valence-electron chi connectivity index (χ4n) is 2.01. The molecule has 0 N–H and O–H groups in total. The number of hydrogen-bond donors (Lipinski definition) is 0. The molecule has 114 valence electrons. The highest BCUT2D eigenvalue weighted by Crippen LogP contribution is 2.21. The van der Waals surface area contributed by atoms with Gasteiger partial charge in [0.1, 0.15) is 0 Å². The molecule has 0 aliphatic carbocycles. The molecule has 2 heterocycles. The highest BCUT2D eigenvalue weighted by molar-refractivity contribution is 7.99. The van der Waals surface area contributed by atoms with Gasteiger partial charge in [-0.05, 0) is 17.5 Å². The van der Waals surface area contributed by atoms with Crippen LogP contribution in [0.3, 0.4) is 0 Å². The number of rotatable bonds is 8. The predicted molar refractivity (Wildman–Crippen MR) is 82.3 cm³/mol. The third kappa shape index (κ3) is 5.47. The van der Waals surface area contributed by atoms with E-state index in [0.717, 1.165) is 29.4 Å². The summed E-state index contributed by atoms with van der Waals surface area (Å²) >= 11 is 1.69. The van der Waals surface area contributed by atoms with E-state index < -0.39 is 0 Å². The molecular formula is C15H21N3O2S. The minimum absolute atomic E-state index is 0.0125. The molecule has 2 aromatic heterocycles. The van der Waals surface area contributed by atoms with Crippen molar-refractivity contribution in [3.63, 3.8) is 0 Å². The van der Waals surface area contributed by atoms with Gasteiger partial charge in [0.25, 0.3) is 0 Å². The van der Waals surface area contributed by atoms with Gasteiger partial charge in [-0.15, -0.1) is 11.8 Å². The Morgan fingerprint density at radius 1 is 1.33 bits per heavy atom. The number of aryl methyl sites for hydroxylation is 1. The molecule has 5 nitrogen and oxygen atoms in total. The molecule has 2 rings (SSSR count). The molecule has 0 unspecified atom stereocenters. The first kappa shape index (κ1) is 16.0. The lowest BCUT2D eigenvalue weighted by Crippen LogP contribution is -2.22. The Hall–Kier alpha value is -1.40. The van der Waals surface area contributed by atoms with Crippen LogP contribution in [0.1, 0.15) is 25.6 Å². The van der Waals surface area contributed by atoms with Crippen LogP contribution in [0.4, 0.5) is 0 Å². The first-order valence-electron chi connectivity index (χ1n) is 6.93. The summed E-state index contributed by atoms with van der Waals surface area (Å²) in [5.74, 6) is 2.30. The second-order valence-corrected chi connectivity index (χ2v) is 6.76. The fraction of sp³-hybridized carbons (Fsp3) is 0.533. The van der Waals surface area contributed by atoms with Crippen molar-refractivity contribution < 1.29 is 9.26 Å². The maximum absolute atomic E-state index is 5.29. The van der Waals surface area contributed by atoms with Crippen LogP contribution in [-0.4, -0.2) is 34.6 Å². The average Bonchev–Trinajstić information content (AvgIpc) is 2.86. The third-order valence-electron chi connectivity index (χ3n) is 2.89. The van der Waals surface area contributed by atoms with Crippen LogP contribution in [-0.2, 0) is 17.6 Å². The monoisotopic (exact) mass is 307 g/mol. The maximum Gasteiger partial charge on any atom is 0.227 e. The first-order valence-corrected chi connectivity index (χ1v) is 7.92. The van der Waals surface area contributed by atoms with E-state index >= 15 is 0 Å². The van der Waals surface area contributed by atoms with Crippen LogP contribution >= 0.6 is 11.8 Å². The van der Waals surface area contributed by atoms with Gasteiger partial charge < -0.3 is 9.26 Å². The van der Waals surface area contributed by atoms with Gasteiger partial charge in [-0.1, -0.05) is 25.1 Å². The number of aromatic nitrogens is 3. The molecule has 0 aliphatic rings. The quantitative estimate of drug-likeness (QED) is 0.699. The molecular weight excluding hydrogens is 286 g/mol. The molecule has 0 atom stereocenters. The molecule has 6 heteroatoms. The van der Waals surface area contributed by atoms with Crippen LogP contribution in [0, 0.1) is 5.41 Å². The normalized spacial score (nSPS) is 11.8. The lowest BCUT2D eigenvalue weighted by atomic mass is 9.90. The Morgan fingerprint density at radius 3 is 2.90 bits per heavy atom. The summed E-state index contributed by atoms with van der Waals surface area (Å²) in [5, 5.41) is 5.06. The standard InChI is InChI=1S/C15H21N3O2S/c1-15(2,11-19-3)10-12-17-13(20-18-12)7-9-21-14-6-4-5-8-16-14/h4-6,8H,7,9-11H2,1-3H3. The second-order valence-electron chi connectivity index (χ2n) is 5.64. The van der Waals surface area contributed by atoms with E-state index in [0.29, 0.717) is 12.5 Å². The van der Waals surface area contributed by atoms with Gasteiger partial charge in [-0.25, -0.2) is 4.98 Å². The largest absolute Gasteiger partial charge is 0.384 e. The Balaban J connectivity index is 1.80. The fourth-order valence-corrected chi connectivity index (χ4v) is 2.80. The van der Waals surface area contributed by atoms with E-state index in [4.69, 9.17) is 9.26 Å². The van der Waals surface area contributed by atoms with Crippen molar-refractivity contribution in [3.05, 3.63) is 36.1 Å². The lowest BCUT2D eigenvalue weighted by molar-refractivity contribution is 0.103. The molecule has 0 aliphatic heterocycles. The van der Waals surface area contributed by atoms with Crippen LogP contribution in [0.25, 0.3) is 0 Å². The van der Waals surface area contributed by atoms with Crippen LogP contribution in [0.15, 0.2) is 33.9 Å². The number of pyridine rings is 1. The van der Waals surface area contributed by atoms with Crippen molar-refractivity contribution in [1.29, 1.82) is 0 Å². The highest BCUT2D eigenvalue weighted by atomic mass is 32.2. The predicted octanol–water partition coefficient (Wildman–Crippen LogP) is 3.01. The molecule has 0 fully saturated rings. The zero-order valence-electron chi connectivity index (χ0n) is 12.7. The minimum atomic E-state index is 0.0125. The van der Waals surface area contributed by atoms with E-state index in [2.05, 4.69) is 29.0 Å². The van der Waals surface area contributed by atoms with Crippen LogP contribution in [0.5, 0.6) is 0 Å². The van der Waals surface area contributed by atoms with Gasteiger partial charge in [-0.2, -0.15) is 4.98 Å². The molecule has 0 amide bonds. The van der Waals surface area contributed by atoms with Gasteiger partial charge in [0, 0.05) is 31.9 Å². The number of thioether (sulfide) groups is 1. The van der Waals surface area contributed by atoms with Gasteiger partial charge in [-0.3, -0.25) is 0 Å². The minimum Gasteiger partial charge on any atom is -0.384 e. The molecule has 21 heavy (non-hydrogen) atoms. The second kappa shape index (κ2) is 7.56. The Bertz CT molecular complexity index is 543. The van der Waals surface area contributed by atoms with E-state index in [-0.39, 0.29) is 5.41 Å². The first-order chi connectivity index (χ1) is 10.1.